The van der Waals surface area contributed by atoms with E-state index in [9.17, 15) is 5.26 Å². The van der Waals surface area contributed by atoms with E-state index in [0.29, 0.717) is 0 Å². The van der Waals surface area contributed by atoms with E-state index in [2.05, 4.69) is 30.3 Å². The molecular formula is C13H22N4. The minimum Gasteiger partial charge on any atom is -0.300 e. The van der Waals surface area contributed by atoms with E-state index in [1.165, 1.54) is 5.69 Å². The summed E-state index contributed by atoms with van der Waals surface area (Å²) in [6.45, 7) is 7.87. The monoisotopic (exact) mass is 234 g/mol. The zero-order valence-electron chi connectivity index (χ0n) is 11.0. The fourth-order valence-corrected chi connectivity index (χ4v) is 2.07. The van der Waals surface area contributed by atoms with Crippen molar-refractivity contribution in [1.82, 2.24) is 15.1 Å². The number of hydrogen-bond acceptors (Lipinski definition) is 3. The van der Waals surface area contributed by atoms with Crippen LogP contribution < -0.4 is 5.32 Å². The Bertz CT molecular complexity index is 377. The van der Waals surface area contributed by atoms with E-state index >= 15 is 0 Å². The SMILES string of the molecule is CCNC(C#N)(CC)CCCn1nccc1C. The lowest BCUT2D eigenvalue weighted by atomic mass is 9.92. The fourth-order valence-electron chi connectivity index (χ4n) is 2.07. The third-order valence-corrected chi connectivity index (χ3v) is 3.24. The van der Waals surface area contributed by atoms with Crippen molar-refractivity contribution in [3.05, 3.63) is 18.0 Å². The number of nitriles is 1. The van der Waals surface area contributed by atoms with Gasteiger partial charge in [-0.3, -0.25) is 10.00 Å². The summed E-state index contributed by atoms with van der Waals surface area (Å²) in [5.74, 6) is 0. The van der Waals surface area contributed by atoms with Gasteiger partial charge >= 0.3 is 0 Å². The second-order valence-corrected chi connectivity index (χ2v) is 4.38. The molecule has 1 heterocycles. The van der Waals surface area contributed by atoms with Gasteiger partial charge in [0.1, 0.15) is 5.54 Å². The molecule has 1 unspecified atom stereocenters. The maximum atomic E-state index is 9.28. The van der Waals surface area contributed by atoms with E-state index in [4.69, 9.17) is 0 Å². The van der Waals surface area contributed by atoms with Crippen LogP contribution in [0, 0.1) is 18.3 Å². The number of rotatable bonds is 7. The third kappa shape index (κ3) is 3.57. The Morgan fingerprint density at radius 2 is 2.29 bits per heavy atom. The molecule has 1 atom stereocenters. The van der Waals surface area contributed by atoms with Gasteiger partial charge in [-0.05, 0) is 38.8 Å². The Hall–Kier alpha value is -1.34. The van der Waals surface area contributed by atoms with Crippen LogP contribution in [-0.4, -0.2) is 21.9 Å². The molecule has 0 aliphatic carbocycles. The quantitative estimate of drug-likeness (QED) is 0.787. The van der Waals surface area contributed by atoms with E-state index in [1.54, 1.807) is 0 Å². The van der Waals surface area contributed by atoms with Gasteiger partial charge in [0.15, 0.2) is 0 Å². The minimum atomic E-state index is -0.365. The minimum absolute atomic E-state index is 0.365. The van der Waals surface area contributed by atoms with Crippen molar-refractivity contribution in [3.8, 4) is 6.07 Å². The fraction of sp³-hybridized carbons (Fsp3) is 0.692. The molecule has 1 N–H and O–H groups in total. The molecule has 4 nitrogen and oxygen atoms in total. The summed E-state index contributed by atoms with van der Waals surface area (Å²) in [7, 11) is 0. The standard InChI is InChI=1S/C13H22N4/c1-4-13(11-14,15-5-2)8-6-10-17-12(3)7-9-16-17/h7,9,15H,4-6,8,10H2,1-3H3. The second kappa shape index (κ2) is 6.41. The van der Waals surface area contributed by atoms with Crippen LogP contribution in [0.5, 0.6) is 0 Å². The maximum Gasteiger partial charge on any atom is 0.106 e. The predicted molar refractivity (Wildman–Crippen MR) is 68.5 cm³/mol. The Kier molecular flexibility index (Phi) is 5.17. The first kappa shape index (κ1) is 13.7. The molecule has 0 bridgehead atoms. The van der Waals surface area contributed by atoms with Gasteiger partial charge in [0.25, 0.3) is 0 Å². The predicted octanol–water partition coefficient (Wildman–Crippen LogP) is 2.25. The van der Waals surface area contributed by atoms with Gasteiger partial charge in [0, 0.05) is 18.4 Å². The van der Waals surface area contributed by atoms with Crippen LogP contribution in [0.1, 0.15) is 38.8 Å². The first-order chi connectivity index (χ1) is 8.17. The average Bonchev–Trinajstić information content (AvgIpc) is 2.74. The molecule has 0 saturated carbocycles. The Morgan fingerprint density at radius 3 is 2.76 bits per heavy atom. The highest BCUT2D eigenvalue weighted by molar-refractivity contribution is 5.06. The van der Waals surface area contributed by atoms with Crippen LogP contribution in [0.4, 0.5) is 0 Å². The molecule has 0 aliphatic heterocycles. The summed E-state index contributed by atoms with van der Waals surface area (Å²) in [6, 6.07) is 4.42. The highest BCUT2D eigenvalue weighted by Crippen LogP contribution is 2.17. The highest BCUT2D eigenvalue weighted by Gasteiger charge is 2.25. The average molecular weight is 234 g/mol. The van der Waals surface area contributed by atoms with Crippen molar-refractivity contribution < 1.29 is 0 Å². The number of nitrogens with one attached hydrogen (secondary N) is 1. The maximum absolute atomic E-state index is 9.28. The van der Waals surface area contributed by atoms with E-state index < -0.39 is 0 Å². The molecule has 4 heteroatoms. The van der Waals surface area contributed by atoms with Gasteiger partial charge < -0.3 is 0 Å². The van der Waals surface area contributed by atoms with Crippen molar-refractivity contribution in [2.24, 2.45) is 0 Å². The zero-order valence-corrected chi connectivity index (χ0v) is 11.0. The van der Waals surface area contributed by atoms with Crippen molar-refractivity contribution in [2.75, 3.05) is 6.54 Å². The molecule has 0 amide bonds. The Balaban J connectivity index is 2.48. The summed E-state index contributed by atoms with van der Waals surface area (Å²) >= 11 is 0. The number of nitrogens with zero attached hydrogens (tertiary/aromatic N) is 3. The summed E-state index contributed by atoms with van der Waals surface area (Å²) in [5.41, 5.74) is 0.808. The number of hydrogen-bond donors (Lipinski definition) is 1. The molecule has 0 aliphatic rings. The van der Waals surface area contributed by atoms with Crippen LogP contribution in [0.3, 0.4) is 0 Å². The van der Waals surface area contributed by atoms with Crippen LogP contribution in [0.2, 0.25) is 0 Å². The first-order valence-corrected chi connectivity index (χ1v) is 6.32. The number of aromatic nitrogens is 2. The number of aryl methyl sites for hydroxylation is 2. The van der Waals surface area contributed by atoms with E-state index in [0.717, 1.165) is 32.4 Å². The lowest BCUT2D eigenvalue weighted by Gasteiger charge is -2.26. The molecule has 0 fully saturated rings. The molecule has 1 aromatic rings. The topological polar surface area (TPSA) is 53.6 Å². The normalized spacial score (nSPS) is 14.2. The summed E-state index contributed by atoms with van der Waals surface area (Å²) in [5, 5.41) is 16.8. The van der Waals surface area contributed by atoms with Gasteiger partial charge in [-0.1, -0.05) is 13.8 Å². The van der Waals surface area contributed by atoms with Gasteiger partial charge in [-0.15, -0.1) is 0 Å². The van der Waals surface area contributed by atoms with Crippen molar-refractivity contribution in [3.63, 3.8) is 0 Å². The van der Waals surface area contributed by atoms with Crippen molar-refractivity contribution >= 4 is 0 Å². The molecule has 1 rings (SSSR count). The molecule has 0 radical (unpaired) electrons. The smallest absolute Gasteiger partial charge is 0.106 e. The Morgan fingerprint density at radius 1 is 1.53 bits per heavy atom. The van der Waals surface area contributed by atoms with Crippen LogP contribution in [0.25, 0.3) is 0 Å². The molecule has 94 valence electrons. The molecule has 0 aromatic carbocycles. The zero-order chi connectivity index (χ0) is 12.7. The summed E-state index contributed by atoms with van der Waals surface area (Å²) in [4.78, 5) is 0. The summed E-state index contributed by atoms with van der Waals surface area (Å²) < 4.78 is 1.99. The lowest BCUT2D eigenvalue weighted by Crippen LogP contribution is -2.43. The Labute approximate surface area is 104 Å². The van der Waals surface area contributed by atoms with Crippen LogP contribution >= 0.6 is 0 Å². The third-order valence-electron chi connectivity index (χ3n) is 3.24. The second-order valence-electron chi connectivity index (χ2n) is 4.38. The van der Waals surface area contributed by atoms with Crippen LogP contribution in [-0.2, 0) is 6.54 Å². The molecular weight excluding hydrogens is 212 g/mol. The van der Waals surface area contributed by atoms with Gasteiger partial charge in [0.05, 0.1) is 6.07 Å². The van der Waals surface area contributed by atoms with Gasteiger partial charge in [-0.2, -0.15) is 10.4 Å². The van der Waals surface area contributed by atoms with Crippen LogP contribution in [0.15, 0.2) is 12.3 Å². The van der Waals surface area contributed by atoms with E-state index in [1.807, 2.05) is 23.9 Å². The van der Waals surface area contributed by atoms with Crippen molar-refractivity contribution in [1.29, 1.82) is 5.26 Å². The van der Waals surface area contributed by atoms with E-state index in [-0.39, 0.29) is 5.54 Å². The largest absolute Gasteiger partial charge is 0.300 e. The summed E-state index contributed by atoms with van der Waals surface area (Å²) in [6.07, 6.45) is 4.50. The molecule has 0 spiro atoms. The molecule has 17 heavy (non-hydrogen) atoms. The lowest BCUT2D eigenvalue weighted by molar-refractivity contribution is 0.357. The molecule has 0 saturated heterocycles. The first-order valence-electron chi connectivity index (χ1n) is 6.32. The highest BCUT2D eigenvalue weighted by atomic mass is 15.3. The van der Waals surface area contributed by atoms with Gasteiger partial charge in [-0.25, -0.2) is 0 Å². The van der Waals surface area contributed by atoms with Gasteiger partial charge in [0.2, 0.25) is 0 Å². The van der Waals surface area contributed by atoms with Crippen molar-refractivity contribution in [2.45, 2.75) is 52.1 Å². The molecule has 1 aromatic heterocycles.